The van der Waals surface area contributed by atoms with Gasteiger partial charge in [0.2, 0.25) is 0 Å². The van der Waals surface area contributed by atoms with Crippen LogP contribution in [0.15, 0.2) is 24.3 Å². The lowest BCUT2D eigenvalue weighted by molar-refractivity contribution is -0.139. The molecule has 0 bridgehead atoms. The highest BCUT2D eigenvalue weighted by Gasteiger charge is 2.30. The van der Waals surface area contributed by atoms with Gasteiger partial charge < -0.3 is 15.7 Å². The molecule has 0 aliphatic carbocycles. The van der Waals surface area contributed by atoms with Crippen LogP contribution in [-0.2, 0) is 11.0 Å². The van der Waals surface area contributed by atoms with E-state index in [2.05, 4.69) is 16.6 Å². The van der Waals surface area contributed by atoms with Gasteiger partial charge in [-0.1, -0.05) is 0 Å². The average Bonchev–Trinajstić information content (AvgIpc) is 2.37. The highest BCUT2D eigenvalue weighted by Crippen LogP contribution is 2.29. The summed E-state index contributed by atoms with van der Waals surface area (Å²) in [6.07, 6.45) is 0.279. The molecule has 0 saturated carbocycles. The standard InChI is InChI=1S/C13H11F3N2O3/c1-2-3-10(11(19)20)18-12(21)17-9-6-4-8(5-7-9)13(14,15)16/h1,4-7,10H,3H2,(H,19,20)(H2,17,18,21). The van der Waals surface area contributed by atoms with Crippen molar-refractivity contribution in [1.82, 2.24) is 5.32 Å². The third kappa shape index (κ3) is 5.06. The zero-order valence-electron chi connectivity index (χ0n) is 10.6. The Morgan fingerprint density at radius 3 is 2.29 bits per heavy atom. The Kier molecular flexibility index (Phi) is 5.18. The summed E-state index contributed by atoms with van der Waals surface area (Å²) in [5, 5.41) is 13.1. The third-order valence-electron chi connectivity index (χ3n) is 2.40. The van der Waals surface area contributed by atoms with Gasteiger partial charge in [-0.05, 0) is 24.3 Å². The smallest absolute Gasteiger partial charge is 0.416 e. The summed E-state index contributed by atoms with van der Waals surface area (Å²) >= 11 is 0. The zero-order valence-corrected chi connectivity index (χ0v) is 10.6. The summed E-state index contributed by atoms with van der Waals surface area (Å²) in [5.41, 5.74) is -0.769. The van der Waals surface area contributed by atoms with E-state index < -0.39 is 29.8 Å². The summed E-state index contributed by atoms with van der Waals surface area (Å²) in [7, 11) is 0. The van der Waals surface area contributed by atoms with Gasteiger partial charge in [-0.15, -0.1) is 12.3 Å². The number of hydrogen-bond acceptors (Lipinski definition) is 2. The molecule has 0 saturated heterocycles. The maximum Gasteiger partial charge on any atom is 0.416 e. The number of carbonyl (C=O) groups is 2. The summed E-state index contributed by atoms with van der Waals surface area (Å²) in [6.45, 7) is 0. The van der Waals surface area contributed by atoms with Gasteiger partial charge in [0.1, 0.15) is 6.04 Å². The van der Waals surface area contributed by atoms with Crippen molar-refractivity contribution in [3.8, 4) is 12.3 Å². The topological polar surface area (TPSA) is 78.4 Å². The van der Waals surface area contributed by atoms with Crippen LogP contribution in [0.2, 0.25) is 0 Å². The van der Waals surface area contributed by atoms with Crippen molar-refractivity contribution in [2.75, 3.05) is 5.32 Å². The molecule has 0 aliphatic rings. The van der Waals surface area contributed by atoms with E-state index in [0.29, 0.717) is 0 Å². The van der Waals surface area contributed by atoms with Gasteiger partial charge in [0.25, 0.3) is 0 Å². The number of nitrogens with one attached hydrogen (secondary N) is 2. The Balaban J connectivity index is 2.67. The van der Waals surface area contributed by atoms with Crippen LogP contribution in [0.5, 0.6) is 0 Å². The van der Waals surface area contributed by atoms with E-state index >= 15 is 0 Å². The minimum atomic E-state index is -4.47. The molecule has 112 valence electrons. The van der Waals surface area contributed by atoms with Crippen molar-refractivity contribution >= 4 is 17.7 Å². The van der Waals surface area contributed by atoms with E-state index in [9.17, 15) is 22.8 Å². The second-order valence-electron chi connectivity index (χ2n) is 3.97. The van der Waals surface area contributed by atoms with E-state index in [0.717, 1.165) is 24.3 Å². The quantitative estimate of drug-likeness (QED) is 0.747. The lowest BCUT2D eigenvalue weighted by Crippen LogP contribution is -2.42. The summed E-state index contributed by atoms with van der Waals surface area (Å²) < 4.78 is 37.0. The van der Waals surface area contributed by atoms with Crippen molar-refractivity contribution in [3.05, 3.63) is 29.8 Å². The van der Waals surface area contributed by atoms with Gasteiger partial charge in [0.05, 0.1) is 5.56 Å². The van der Waals surface area contributed by atoms with Crippen molar-refractivity contribution in [3.63, 3.8) is 0 Å². The predicted octanol–water partition coefficient (Wildman–Crippen LogP) is 2.30. The molecule has 1 rings (SSSR count). The minimum absolute atomic E-state index is 0.0883. The van der Waals surface area contributed by atoms with Crippen LogP contribution in [0.4, 0.5) is 23.7 Å². The highest BCUT2D eigenvalue weighted by atomic mass is 19.4. The maximum atomic E-state index is 12.3. The molecule has 1 aromatic rings. The number of urea groups is 1. The molecule has 0 spiro atoms. The first kappa shape index (κ1) is 16.4. The van der Waals surface area contributed by atoms with Crippen LogP contribution < -0.4 is 10.6 Å². The van der Waals surface area contributed by atoms with Crippen LogP contribution in [0.25, 0.3) is 0 Å². The second kappa shape index (κ2) is 6.65. The first-order valence-corrected chi connectivity index (χ1v) is 5.65. The molecule has 0 aliphatic heterocycles. The molecule has 0 heterocycles. The van der Waals surface area contributed by atoms with Crippen LogP contribution in [0, 0.1) is 12.3 Å². The first-order chi connectivity index (χ1) is 9.74. The number of benzene rings is 1. The molecule has 8 heteroatoms. The molecular formula is C13H11F3N2O3. The fourth-order valence-electron chi connectivity index (χ4n) is 1.39. The minimum Gasteiger partial charge on any atom is -0.480 e. The molecule has 0 aromatic heterocycles. The number of anilines is 1. The fourth-order valence-corrected chi connectivity index (χ4v) is 1.39. The molecule has 1 atom stereocenters. The number of amides is 2. The molecule has 1 unspecified atom stereocenters. The zero-order chi connectivity index (χ0) is 16.0. The number of rotatable bonds is 4. The van der Waals surface area contributed by atoms with Gasteiger partial charge in [-0.25, -0.2) is 9.59 Å². The summed E-state index contributed by atoms with van der Waals surface area (Å²) in [5.74, 6) is 0.784. The van der Waals surface area contributed by atoms with Gasteiger partial charge >= 0.3 is 18.2 Å². The Labute approximate surface area is 118 Å². The average molecular weight is 300 g/mol. The molecule has 5 nitrogen and oxygen atoms in total. The van der Waals surface area contributed by atoms with Gasteiger partial charge in [0.15, 0.2) is 0 Å². The maximum absolute atomic E-state index is 12.3. The van der Waals surface area contributed by atoms with Crippen molar-refractivity contribution < 1.29 is 27.9 Å². The van der Waals surface area contributed by atoms with E-state index in [-0.39, 0.29) is 12.1 Å². The number of hydrogen-bond donors (Lipinski definition) is 3. The number of carboxylic acids is 1. The van der Waals surface area contributed by atoms with Crippen LogP contribution >= 0.6 is 0 Å². The molecule has 3 N–H and O–H groups in total. The van der Waals surface area contributed by atoms with Crippen molar-refractivity contribution in [2.45, 2.75) is 18.6 Å². The SMILES string of the molecule is C#CCC(NC(=O)Nc1ccc(C(F)(F)F)cc1)C(=O)O. The third-order valence-corrected chi connectivity index (χ3v) is 2.40. The summed E-state index contributed by atoms with van der Waals surface area (Å²) in [6, 6.07) is 1.55. The number of alkyl halides is 3. The molecule has 2 amide bonds. The van der Waals surface area contributed by atoms with E-state index in [4.69, 9.17) is 11.5 Å². The van der Waals surface area contributed by atoms with Gasteiger partial charge in [-0.2, -0.15) is 13.2 Å². The largest absolute Gasteiger partial charge is 0.480 e. The van der Waals surface area contributed by atoms with Crippen LogP contribution in [0.3, 0.4) is 0 Å². The Bertz CT molecular complexity index is 562. The predicted molar refractivity (Wildman–Crippen MR) is 68.5 cm³/mol. The lowest BCUT2D eigenvalue weighted by atomic mass is 10.2. The number of carbonyl (C=O) groups excluding carboxylic acids is 1. The summed E-state index contributed by atoms with van der Waals surface area (Å²) in [4.78, 5) is 22.3. The van der Waals surface area contributed by atoms with Gasteiger partial charge in [0, 0.05) is 12.1 Å². The Morgan fingerprint density at radius 1 is 1.29 bits per heavy atom. The number of halogens is 3. The second-order valence-corrected chi connectivity index (χ2v) is 3.97. The Morgan fingerprint density at radius 2 is 1.86 bits per heavy atom. The van der Waals surface area contributed by atoms with Gasteiger partial charge in [-0.3, -0.25) is 0 Å². The fraction of sp³-hybridized carbons (Fsp3) is 0.231. The van der Waals surface area contributed by atoms with E-state index in [1.165, 1.54) is 0 Å². The molecule has 0 fully saturated rings. The van der Waals surface area contributed by atoms with Crippen LogP contribution in [0.1, 0.15) is 12.0 Å². The molecule has 0 radical (unpaired) electrons. The number of carboxylic acid groups (broad SMARTS) is 1. The number of terminal acetylenes is 1. The van der Waals surface area contributed by atoms with Crippen molar-refractivity contribution in [2.24, 2.45) is 0 Å². The first-order valence-electron chi connectivity index (χ1n) is 5.65. The lowest BCUT2D eigenvalue weighted by Gasteiger charge is -2.13. The van der Waals surface area contributed by atoms with Crippen LogP contribution in [-0.4, -0.2) is 23.1 Å². The normalized spacial score (nSPS) is 12.1. The van der Waals surface area contributed by atoms with Crippen molar-refractivity contribution in [1.29, 1.82) is 0 Å². The van der Waals surface area contributed by atoms with E-state index in [1.807, 2.05) is 0 Å². The highest BCUT2D eigenvalue weighted by molar-refractivity contribution is 5.92. The molecular weight excluding hydrogens is 289 g/mol. The Hall–Kier alpha value is -2.69. The molecule has 21 heavy (non-hydrogen) atoms. The molecule has 1 aromatic carbocycles. The van der Waals surface area contributed by atoms with E-state index in [1.54, 1.807) is 0 Å². The number of aliphatic carboxylic acids is 1. The monoisotopic (exact) mass is 300 g/mol.